The van der Waals surface area contributed by atoms with E-state index in [4.69, 9.17) is 10.8 Å². The average molecular weight is 236 g/mol. The van der Waals surface area contributed by atoms with Crippen molar-refractivity contribution in [1.82, 2.24) is 0 Å². The molecule has 3 N–H and O–H groups in total. The summed E-state index contributed by atoms with van der Waals surface area (Å²) in [6.07, 6.45) is 0. The van der Waals surface area contributed by atoms with Gasteiger partial charge in [-0.05, 0) is 44.0 Å². The molecule has 1 amide bonds. The monoisotopic (exact) mass is 236 g/mol. The Morgan fingerprint density at radius 1 is 1.47 bits per heavy atom. The van der Waals surface area contributed by atoms with E-state index in [1.165, 1.54) is 0 Å². The van der Waals surface area contributed by atoms with Gasteiger partial charge in [-0.2, -0.15) is 0 Å². The minimum Gasteiger partial charge on any atom is -0.392 e. The fourth-order valence-electron chi connectivity index (χ4n) is 1.78. The van der Waals surface area contributed by atoms with E-state index in [2.05, 4.69) is 0 Å². The van der Waals surface area contributed by atoms with Crippen molar-refractivity contribution in [3.63, 3.8) is 0 Å². The predicted molar refractivity (Wildman–Crippen MR) is 68.8 cm³/mol. The molecule has 94 valence electrons. The first-order valence-corrected chi connectivity index (χ1v) is 5.71. The second kappa shape index (κ2) is 5.68. The number of carbonyl (C=O) groups excluding carboxylic acids is 1. The van der Waals surface area contributed by atoms with Gasteiger partial charge in [-0.15, -0.1) is 0 Å². The minimum absolute atomic E-state index is 0.0314. The summed E-state index contributed by atoms with van der Waals surface area (Å²) in [7, 11) is 0. The molecule has 4 nitrogen and oxygen atoms in total. The van der Waals surface area contributed by atoms with Crippen LogP contribution in [0.15, 0.2) is 18.2 Å². The molecule has 0 saturated carbocycles. The SMILES string of the molecule is Cc1cc(N(CC(N)=O)C(C)C)ccc1CO. The zero-order valence-electron chi connectivity index (χ0n) is 10.6. The summed E-state index contributed by atoms with van der Waals surface area (Å²) in [4.78, 5) is 13.0. The van der Waals surface area contributed by atoms with Gasteiger partial charge in [0.25, 0.3) is 0 Å². The number of hydrogen-bond donors (Lipinski definition) is 2. The van der Waals surface area contributed by atoms with Crippen LogP contribution in [0.2, 0.25) is 0 Å². The number of rotatable bonds is 5. The number of hydrogen-bond acceptors (Lipinski definition) is 3. The largest absolute Gasteiger partial charge is 0.392 e. The summed E-state index contributed by atoms with van der Waals surface area (Å²) in [5.74, 6) is -0.345. The van der Waals surface area contributed by atoms with Crippen LogP contribution in [0, 0.1) is 6.92 Å². The number of carbonyl (C=O) groups is 1. The van der Waals surface area contributed by atoms with Crippen LogP contribution < -0.4 is 10.6 Å². The van der Waals surface area contributed by atoms with Crippen molar-refractivity contribution in [2.45, 2.75) is 33.4 Å². The first kappa shape index (κ1) is 13.5. The van der Waals surface area contributed by atoms with Crippen molar-refractivity contribution in [3.8, 4) is 0 Å². The molecule has 0 bridgehead atoms. The molecule has 0 spiro atoms. The van der Waals surface area contributed by atoms with Gasteiger partial charge in [-0.3, -0.25) is 4.79 Å². The van der Waals surface area contributed by atoms with Crippen LogP contribution in [-0.4, -0.2) is 23.6 Å². The van der Waals surface area contributed by atoms with Crippen molar-refractivity contribution < 1.29 is 9.90 Å². The number of benzene rings is 1. The van der Waals surface area contributed by atoms with E-state index < -0.39 is 0 Å². The highest BCUT2D eigenvalue weighted by molar-refractivity contribution is 5.79. The molecule has 17 heavy (non-hydrogen) atoms. The molecule has 1 aromatic rings. The molecule has 0 saturated heterocycles. The normalized spacial score (nSPS) is 10.6. The van der Waals surface area contributed by atoms with Crippen molar-refractivity contribution in [1.29, 1.82) is 0 Å². The van der Waals surface area contributed by atoms with Crippen LogP contribution in [0.1, 0.15) is 25.0 Å². The lowest BCUT2D eigenvalue weighted by Crippen LogP contribution is -2.38. The Labute approximate surface area is 102 Å². The molecule has 1 aromatic carbocycles. The van der Waals surface area contributed by atoms with E-state index >= 15 is 0 Å². The molecule has 0 radical (unpaired) electrons. The number of amides is 1. The van der Waals surface area contributed by atoms with Gasteiger partial charge < -0.3 is 15.7 Å². The lowest BCUT2D eigenvalue weighted by Gasteiger charge is -2.28. The lowest BCUT2D eigenvalue weighted by molar-refractivity contribution is -0.116. The standard InChI is InChI=1S/C13H20N2O2/c1-9(2)15(7-13(14)17)12-5-4-11(8-16)10(3)6-12/h4-6,9,16H,7-8H2,1-3H3,(H2,14,17). The van der Waals surface area contributed by atoms with E-state index in [0.717, 1.165) is 16.8 Å². The van der Waals surface area contributed by atoms with E-state index in [1.807, 2.05) is 43.9 Å². The topological polar surface area (TPSA) is 66.6 Å². The van der Waals surface area contributed by atoms with Crippen molar-refractivity contribution in [2.75, 3.05) is 11.4 Å². The van der Waals surface area contributed by atoms with Gasteiger partial charge in [-0.25, -0.2) is 0 Å². The number of anilines is 1. The molecule has 0 atom stereocenters. The second-order valence-electron chi connectivity index (χ2n) is 4.46. The van der Waals surface area contributed by atoms with Gasteiger partial charge >= 0.3 is 0 Å². The molecule has 0 aromatic heterocycles. The Bertz CT molecular complexity index is 402. The quantitative estimate of drug-likeness (QED) is 0.807. The van der Waals surface area contributed by atoms with Crippen LogP contribution in [0.3, 0.4) is 0 Å². The first-order valence-electron chi connectivity index (χ1n) is 5.71. The molecule has 0 heterocycles. The maximum absolute atomic E-state index is 11.0. The fraction of sp³-hybridized carbons (Fsp3) is 0.462. The average Bonchev–Trinajstić information content (AvgIpc) is 2.25. The van der Waals surface area contributed by atoms with Crippen molar-refractivity contribution in [3.05, 3.63) is 29.3 Å². The Morgan fingerprint density at radius 2 is 2.12 bits per heavy atom. The van der Waals surface area contributed by atoms with Crippen molar-refractivity contribution >= 4 is 11.6 Å². The maximum atomic E-state index is 11.0. The van der Waals surface area contributed by atoms with Gasteiger partial charge in [0.2, 0.25) is 5.91 Å². The highest BCUT2D eigenvalue weighted by Crippen LogP contribution is 2.21. The Hall–Kier alpha value is -1.55. The third kappa shape index (κ3) is 3.46. The molecule has 1 rings (SSSR count). The van der Waals surface area contributed by atoms with Crippen molar-refractivity contribution in [2.24, 2.45) is 5.73 Å². The van der Waals surface area contributed by atoms with Crippen LogP contribution in [0.5, 0.6) is 0 Å². The summed E-state index contributed by atoms with van der Waals surface area (Å²) in [5, 5.41) is 9.11. The third-order valence-corrected chi connectivity index (χ3v) is 2.78. The van der Waals surface area contributed by atoms with Gasteiger partial charge in [0.1, 0.15) is 0 Å². The first-order chi connectivity index (χ1) is 7.95. The number of nitrogens with zero attached hydrogens (tertiary/aromatic N) is 1. The summed E-state index contributed by atoms with van der Waals surface area (Å²) in [5.41, 5.74) is 8.11. The van der Waals surface area contributed by atoms with Gasteiger partial charge in [0.15, 0.2) is 0 Å². The fourth-order valence-corrected chi connectivity index (χ4v) is 1.78. The Balaban J connectivity index is 3.02. The Kier molecular flexibility index (Phi) is 4.52. The van der Waals surface area contributed by atoms with E-state index in [-0.39, 0.29) is 25.1 Å². The molecule has 0 fully saturated rings. The van der Waals surface area contributed by atoms with E-state index in [1.54, 1.807) is 0 Å². The molecule has 0 aliphatic heterocycles. The summed E-state index contributed by atoms with van der Waals surface area (Å²) in [6, 6.07) is 5.94. The summed E-state index contributed by atoms with van der Waals surface area (Å²) < 4.78 is 0. The van der Waals surface area contributed by atoms with Gasteiger partial charge in [0.05, 0.1) is 13.2 Å². The Morgan fingerprint density at radius 3 is 2.53 bits per heavy atom. The molecule has 0 aliphatic carbocycles. The number of primary amides is 1. The smallest absolute Gasteiger partial charge is 0.236 e. The van der Waals surface area contributed by atoms with E-state index in [9.17, 15) is 4.79 Å². The van der Waals surface area contributed by atoms with Crippen LogP contribution >= 0.6 is 0 Å². The number of nitrogens with two attached hydrogens (primary N) is 1. The molecular formula is C13H20N2O2. The number of aliphatic hydroxyl groups is 1. The van der Waals surface area contributed by atoms with Crippen LogP contribution in [0.25, 0.3) is 0 Å². The summed E-state index contributed by atoms with van der Waals surface area (Å²) in [6.45, 7) is 6.20. The van der Waals surface area contributed by atoms with Crippen LogP contribution in [0.4, 0.5) is 5.69 Å². The highest BCUT2D eigenvalue weighted by atomic mass is 16.3. The zero-order chi connectivity index (χ0) is 13.0. The molecule has 4 heteroatoms. The minimum atomic E-state index is -0.345. The van der Waals surface area contributed by atoms with Gasteiger partial charge in [-0.1, -0.05) is 6.07 Å². The highest BCUT2D eigenvalue weighted by Gasteiger charge is 2.13. The zero-order valence-corrected chi connectivity index (χ0v) is 10.6. The predicted octanol–water partition coefficient (Wildman–Crippen LogP) is 1.19. The third-order valence-electron chi connectivity index (χ3n) is 2.78. The number of aliphatic hydroxyl groups excluding tert-OH is 1. The second-order valence-corrected chi connectivity index (χ2v) is 4.46. The molecular weight excluding hydrogens is 216 g/mol. The van der Waals surface area contributed by atoms with Gasteiger partial charge in [0, 0.05) is 11.7 Å². The van der Waals surface area contributed by atoms with Crippen LogP contribution in [-0.2, 0) is 11.4 Å². The number of aryl methyl sites for hydroxylation is 1. The maximum Gasteiger partial charge on any atom is 0.236 e. The van der Waals surface area contributed by atoms with E-state index in [0.29, 0.717) is 0 Å². The molecule has 0 aliphatic rings. The molecule has 0 unspecified atom stereocenters. The summed E-state index contributed by atoms with van der Waals surface area (Å²) >= 11 is 0. The lowest BCUT2D eigenvalue weighted by atomic mass is 10.1.